The Hall–Kier alpha value is -2.93. The Morgan fingerprint density at radius 2 is 1.18 bits per heavy atom. The highest BCUT2D eigenvalue weighted by molar-refractivity contribution is 6.00. The Kier molecular flexibility index (Phi) is 3.17. The summed E-state index contributed by atoms with van der Waals surface area (Å²) in [5.41, 5.74) is 4.64. The Morgan fingerprint density at radius 1 is 0.500 bits per heavy atom. The van der Waals surface area contributed by atoms with E-state index in [1.807, 2.05) is 18.3 Å². The molecule has 0 unspecified atom stereocenters. The molecule has 0 radical (unpaired) electrons. The van der Waals surface area contributed by atoms with Crippen LogP contribution in [0.15, 0.2) is 91.1 Å². The average Bonchev–Trinajstić information content (AvgIpc) is 2.62. The molecule has 22 heavy (non-hydrogen) atoms. The minimum atomic E-state index is 1.01. The molecule has 0 saturated heterocycles. The van der Waals surface area contributed by atoms with Crippen LogP contribution in [-0.2, 0) is 0 Å². The molecule has 1 heterocycles. The van der Waals surface area contributed by atoms with E-state index < -0.39 is 0 Å². The van der Waals surface area contributed by atoms with Gasteiger partial charge in [0.1, 0.15) is 0 Å². The van der Waals surface area contributed by atoms with Crippen molar-refractivity contribution < 1.29 is 0 Å². The number of aromatic nitrogens is 1. The second-order valence-corrected chi connectivity index (χ2v) is 5.29. The normalized spacial score (nSPS) is 10.7. The molecule has 0 aliphatic heterocycles. The first-order valence-corrected chi connectivity index (χ1v) is 7.42. The van der Waals surface area contributed by atoms with E-state index in [-0.39, 0.29) is 0 Å². The number of rotatable bonds is 2. The van der Waals surface area contributed by atoms with E-state index in [0.717, 1.165) is 5.69 Å². The number of pyridine rings is 1. The number of fused-ring (bicyclic) bond motifs is 1. The van der Waals surface area contributed by atoms with Gasteiger partial charge < -0.3 is 0 Å². The van der Waals surface area contributed by atoms with Gasteiger partial charge in [-0.1, -0.05) is 72.8 Å². The zero-order valence-corrected chi connectivity index (χ0v) is 12.1. The molecular weight excluding hydrogens is 266 g/mol. The number of hydrogen-bond acceptors (Lipinski definition) is 1. The largest absolute Gasteiger partial charge is 0.256 e. The van der Waals surface area contributed by atoms with Gasteiger partial charge in [-0.3, -0.25) is 4.98 Å². The fourth-order valence-corrected chi connectivity index (χ4v) is 2.92. The number of benzene rings is 3. The minimum Gasteiger partial charge on any atom is -0.256 e. The zero-order chi connectivity index (χ0) is 14.8. The summed E-state index contributed by atoms with van der Waals surface area (Å²) >= 11 is 0. The highest BCUT2D eigenvalue weighted by atomic mass is 14.7. The molecule has 3 aromatic carbocycles. The molecule has 0 aliphatic rings. The fourth-order valence-electron chi connectivity index (χ4n) is 2.92. The molecule has 0 atom stereocenters. The molecular formula is C21H15N. The quantitative estimate of drug-likeness (QED) is 0.468. The van der Waals surface area contributed by atoms with Gasteiger partial charge in [-0.25, -0.2) is 0 Å². The predicted octanol–water partition coefficient (Wildman–Crippen LogP) is 5.57. The van der Waals surface area contributed by atoms with Crippen LogP contribution in [0, 0.1) is 0 Å². The van der Waals surface area contributed by atoms with Crippen molar-refractivity contribution in [2.75, 3.05) is 0 Å². The van der Waals surface area contributed by atoms with Crippen molar-refractivity contribution in [3.63, 3.8) is 0 Å². The van der Waals surface area contributed by atoms with Crippen molar-refractivity contribution in [3.8, 4) is 22.4 Å². The van der Waals surface area contributed by atoms with E-state index in [4.69, 9.17) is 0 Å². The van der Waals surface area contributed by atoms with Gasteiger partial charge in [0.05, 0.1) is 5.69 Å². The summed E-state index contributed by atoms with van der Waals surface area (Å²) in [7, 11) is 0. The lowest BCUT2D eigenvalue weighted by Gasteiger charge is -2.12. The molecule has 0 amide bonds. The monoisotopic (exact) mass is 281 g/mol. The van der Waals surface area contributed by atoms with Crippen LogP contribution in [0.25, 0.3) is 33.2 Å². The molecule has 0 saturated carbocycles. The third-order valence-corrected chi connectivity index (χ3v) is 3.95. The summed E-state index contributed by atoms with van der Waals surface area (Å²) in [6.45, 7) is 0. The maximum atomic E-state index is 4.52. The standard InChI is InChI=1S/C21H15N/c1-2-10-17-16(8-1)9-7-13-18(17)19-11-3-4-12-20(19)21-14-5-6-15-22-21/h1-15H. The maximum Gasteiger partial charge on any atom is 0.0708 e. The van der Waals surface area contributed by atoms with Gasteiger partial charge in [0.2, 0.25) is 0 Å². The van der Waals surface area contributed by atoms with Crippen molar-refractivity contribution in [1.82, 2.24) is 4.98 Å². The van der Waals surface area contributed by atoms with Crippen molar-refractivity contribution in [1.29, 1.82) is 0 Å². The zero-order valence-electron chi connectivity index (χ0n) is 12.1. The molecule has 0 spiro atoms. The van der Waals surface area contributed by atoms with Gasteiger partial charge in [0.15, 0.2) is 0 Å². The molecule has 1 nitrogen and oxygen atoms in total. The van der Waals surface area contributed by atoms with Crippen LogP contribution in [0.1, 0.15) is 0 Å². The molecule has 1 heteroatoms. The Labute approximate surface area is 129 Å². The minimum absolute atomic E-state index is 1.01. The molecule has 0 bridgehead atoms. The lowest BCUT2D eigenvalue weighted by atomic mass is 9.93. The average molecular weight is 281 g/mol. The second-order valence-electron chi connectivity index (χ2n) is 5.29. The van der Waals surface area contributed by atoms with Gasteiger partial charge in [-0.2, -0.15) is 0 Å². The van der Waals surface area contributed by atoms with Crippen LogP contribution in [0.2, 0.25) is 0 Å². The topological polar surface area (TPSA) is 12.9 Å². The molecule has 0 N–H and O–H groups in total. The summed E-state index contributed by atoms with van der Waals surface area (Å²) in [5.74, 6) is 0. The van der Waals surface area contributed by atoms with Crippen LogP contribution < -0.4 is 0 Å². The van der Waals surface area contributed by atoms with E-state index in [1.54, 1.807) is 0 Å². The summed E-state index contributed by atoms with van der Waals surface area (Å²) in [5, 5.41) is 2.53. The van der Waals surface area contributed by atoms with Gasteiger partial charge in [-0.15, -0.1) is 0 Å². The number of hydrogen-bond donors (Lipinski definition) is 0. The Balaban J connectivity index is 2.01. The molecule has 1 aromatic heterocycles. The molecule has 0 aliphatic carbocycles. The predicted molar refractivity (Wildman–Crippen MR) is 92.6 cm³/mol. The second kappa shape index (κ2) is 5.45. The van der Waals surface area contributed by atoms with E-state index >= 15 is 0 Å². The van der Waals surface area contributed by atoms with Gasteiger partial charge in [0.25, 0.3) is 0 Å². The highest BCUT2D eigenvalue weighted by Crippen LogP contribution is 2.35. The van der Waals surface area contributed by atoms with E-state index in [9.17, 15) is 0 Å². The van der Waals surface area contributed by atoms with Crippen molar-refractivity contribution in [3.05, 3.63) is 91.1 Å². The third kappa shape index (κ3) is 2.17. The van der Waals surface area contributed by atoms with Crippen molar-refractivity contribution in [2.24, 2.45) is 0 Å². The van der Waals surface area contributed by atoms with Crippen LogP contribution in [0.4, 0.5) is 0 Å². The smallest absolute Gasteiger partial charge is 0.0708 e. The number of nitrogens with zero attached hydrogens (tertiary/aromatic N) is 1. The lowest BCUT2D eigenvalue weighted by molar-refractivity contribution is 1.33. The van der Waals surface area contributed by atoms with Crippen molar-refractivity contribution >= 4 is 10.8 Å². The molecule has 0 fully saturated rings. The third-order valence-electron chi connectivity index (χ3n) is 3.95. The maximum absolute atomic E-state index is 4.52. The summed E-state index contributed by atoms with van der Waals surface area (Å²) < 4.78 is 0. The first-order valence-electron chi connectivity index (χ1n) is 7.42. The van der Waals surface area contributed by atoms with Crippen LogP contribution in [0.3, 0.4) is 0 Å². The lowest BCUT2D eigenvalue weighted by Crippen LogP contribution is -1.88. The first-order chi connectivity index (χ1) is 10.9. The van der Waals surface area contributed by atoms with E-state index in [0.29, 0.717) is 0 Å². The van der Waals surface area contributed by atoms with Gasteiger partial charge in [-0.05, 0) is 34.0 Å². The summed E-state index contributed by atoms with van der Waals surface area (Å²) in [4.78, 5) is 4.52. The molecule has 4 aromatic rings. The molecule has 4 rings (SSSR count). The van der Waals surface area contributed by atoms with Gasteiger partial charge >= 0.3 is 0 Å². The highest BCUT2D eigenvalue weighted by Gasteiger charge is 2.09. The van der Waals surface area contributed by atoms with E-state index in [2.05, 4.69) is 77.8 Å². The summed E-state index contributed by atoms with van der Waals surface area (Å²) in [6.07, 6.45) is 1.84. The Morgan fingerprint density at radius 3 is 2.05 bits per heavy atom. The first kappa shape index (κ1) is 12.8. The van der Waals surface area contributed by atoms with E-state index in [1.165, 1.54) is 27.5 Å². The molecule has 104 valence electrons. The van der Waals surface area contributed by atoms with Crippen LogP contribution in [-0.4, -0.2) is 4.98 Å². The van der Waals surface area contributed by atoms with Crippen molar-refractivity contribution in [2.45, 2.75) is 0 Å². The van der Waals surface area contributed by atoms with Crippen LogP contribution >= 0.6 is 0 Å². The SMILES string of the molecule is c1ccc(-c2ccccc2-c2cccc3ccccc23)nc1. The Bertz CT molecular complexity index is 921. The fraction of sp³-hybridized carbons (Fsp3) is 0. The van der Waals surface area contributed by atoms with Crippen LogP contribution in [0.5, 0.6) is 0 Å². The summed E-state index contributed by atoms with van der Waals surface area (Å²) in [6, 6.07) is 29.5. The van der Waals surface area contributed by atoms with Gasteiger partial charge in [0, 0.05) is 11.8 Å².